The molecule has 12 heteroatoms. The van der Waals surface area contributed by atoms with Crippen LogP contribution in [-0.2, 0) is 14.7 Å². The number of aryl methyl sites for hydroxylation is 1. The quantitative estimate of drug-likeness (QED) is 0.234. The van der Waals surface area contributed by atoms with Gasteiger partial charge in [-0.05, 0) is 53.5 Å². The van der Waals surface area contributed by atoms with Gasteiger partial charge in [0.15, 0.2) is 12.4 Å². The van der Waals surface area contributed by atoms with Crippen LogP contribution in [0.2, 0.25) is 5.02 Å². The van der Waals surface area contributed by atoms with Crippen molar-refractivity contribution in [2.75, 3.05) is 6.79 Å². The van der Waals surface area contributed by atoms with Crippen LogP contribution >= 0.6 is 22.9 Å². The molecule has 1 N–H and O–H groups in total. The van der Waals surface area contributed by atoms with Crippen LogP contribution in [0, 0.1) is 6.92 Å². The minimum atomic E-state index is -3.97. The highest BCUT2D eigenvalue weighted by Gasteiger charge is 2.26. The van der Waals surface area contributed by atoms with Gasteiger partial charge in [-0.1, -0.05) is 35.4 Å². The van der Waals surface area contributed by atoms with E-state index in [1.807, 2.05) is 12.3 Å². The van der Waals surface area contributed by atoms with Crippen molar-refractivity contribution in [1.29, 1.82) is 0 Å². The summed E-state index contributed by atoms with van der Waals surface area (Å²) in [6.07, 6.45) is 4.45. The van der Waals surface area contributed by atoms with Gasteiger partial charge in [-0.25, -0.2) is 22.4 Å². The molecule has 0 aliphatic rings. The summed E-state index contributed by atoms with van der Waals surface area (Å²) in [7, 11) is -5.12. The van der Waals surface area contributed by atoms with E-state index < -0.39 is 17.1 Å². The molecule has 8 nitrogen and oxygen atoms in total. The van der Waals surface area contributed by atoms with Gasteiger partial charge in [-0.3, -0.25) is 0 Å². The third-order valence-corrected chi connectivity index (χ3v) is 8.17. The molecular formula is C24H19BClN3O5S2. The van der Waals surface area contributed by atoms with Crippen molar-refractivity contribution in [2.45, 2.75) is 11.8 Å². The van der Waals surface area contributed by atoms with Gasteiger partial charge < -0.3 is 14.4 Å². The van der Waals surface area contributed by atoms with Crippen molar-refractivity contribution in [1.82, 2.24) is 13.9 Å². The molecule has 0 aliphatic heterocycles. The standard InChI is InChI=1S/C24H19BClN3O5S2/c1-16-4-6-18(7-5-16)36(31,32)29-13-20(22-21(26)8-11-27-23(22)29)19-3-2-10-28-24(19)33-15-34-25(30)17-9-12-35-14-17/h2-14,30H,15H2,1H3. The zero-order chi connectivity index (χ0) is 25.3. The molecule has 36 heavy (non-hydrogen) atoms. The largest absolute Gasteiger partial charge is 0.494 e. The topological polar surface area (TPSA) is 104 Å². The van der Waals surface area contributed by atoms with Crippen molar-refractivity contribution in [3.05, 3.63) is 88.5 Å². The van der Waals surface area contributed by atoms with Crippen molar-refractivity contribution >= 4 is 56.6 Å². The molecule has 0 saturated heterocycles. The van der Waals surface area contributed by atoms with Gasteiger partial charge in [-0.15, -0.1) is 0 Å². The number of aromatic nitrogens is 3. The number of rotatable bonds is 8. The van der Waals surface area contributed by atoms with Crippen LogP contribution in [0.5, 0.6) is 5.88 Å². The second-order valence-electron chi connectivity index (χ2n) is 7.84. The number of thiophene rings is 1. The maximum atomic E-state index is 13.5. The van der Waals surface area contributed by atoms with Gasteiger partial charge in [0.2, 0.25) is 5.88 Å². The molecule has 5 rings (SSSR count). The van der Waals surface area contributed by atoms with Crippen LogP contribution in [0.25, 0.3) is 22.2 Å². The molecule has 0 saturated carbocycles. The zero-order valence-electron chi connectivity index (χ0n) is 18.9. The summed E-state index contributed by atoms with van der Waals surface area (Å²) in [6, 6.07) is 13.3. The summed E-state index contributed by atoms with van der Waals surface area (Å²) < 4.78 is 39.3. The minimum absolute atomic E-state index is 0.122. The minimum Gasteiger partial charge on any atom is -0.451 e. The van der Waals surface area contributed by atoms with Crippen LogP contribution in [0.15, 0.2) is 82.8 Å². The molecule has 0 atom stereocenters. The van der Waals surface area contributed by atoms with E-state index in [2.05, 4.69) is 9.97 Å². The Morgan fingerprint density at radius 3 is 2.64 bits per heavy atom. The van der Waals surface area contributed by atoms with E-state index in [0.29, 0.717) is 27.0 Å². The lowest BCUT2D eigenvalue weighted by Gasteiger charge is -2.11. The summed E-state index contributed by atoms with van der Waals surface area (Å²) in [6.45, 7) is 1.60. The van der Waals surface area contributed by atoms with Gasteiger partial charge in [0.05, 0.1) is 9.92 Å². The molecule has 0 unspecified atom stereocenters. The Kier molecular flexibility index (Phi) is 6.82. The molecule has 0 aliphatic carbocycles. The summed E-state index contributed by atoms with van der Waals surface area (Å²) in [5, 5.41) is 14.5. The number of hydrogen-bond acceptors (Lipinski definition) is 8. The second-order valence-corrected chi connectivity index (χ2v) is 10.8. The molecule has 4 heterocycles. The molecule has 0 fully saturated rings. The monoisotopic (exact) mass is 539 g/mol. The van der Waals surface area contributed by atoms with Crippen LogP contribution < -0.4 is 10.2 Å². The van der Waals surface area contributed by atoms with E-state index in [9.17, 15) is 13.4 Å². The highest BCUT2D eigenvalue weighted by Crippen LogP contribution is 2.39. The van der Waals surface area contributed by atoms with E-state index in [1.165, 1.54) is 29.9 Å². The van der Waals surface area contributed by atoms with E-state index >= 15 is 0 Å². The molecule has 4 aromatic heterocycles. The van der Waals surface area contributed by atoms with Gasteiger partial charge in [0, 0.05) is 35.1 Å². The van der Waals surface area contributed by atoms with E-state index in [4.69, 9.17) is 21.0 Å². The fourth-order valence-corrected chi connectivity index (χ4v) is 5.90. The molecule has 0 amide bonds. The summed E-state index contributed by atoms with van der Waals surface area (Å²) >= 11 is 7.97. The fraction of sp³-hybridized carbons (Fsp3) is 0.0833. The van der Waals surface area contributed by atoms with Crippen molar-refractivity contribution in [3.8, 4) is 17.0 Å². The van der Waals surface area contributed by atoms with Gasteiger partial charge >= 0.3 is 7.12 Å². The molecule has 0 radical (unpaired) electrons. The number of ether oxygens (including phenoxy) is 1. The lowest BCUT2D eigenvalue weighted by atomic mass is 9.82. The predicted octanol–water partition coefficient (Wildman–Crippen LogP) is 4.10. The van der Waals surface area contributed by atoms with Crippen LogP contribution in [0.3, 0.4) is 0 Å². The van der Waals surface area contributed by atoms with Crippen LogP contribution in [0.4, 0.5) is 0 Å². The fourth-order valence-electron chi connectivity index (χ4n) is 3.68. The summed E-state index contributed by atoms with van der Waals surface area (Å²) in [4.78, 5) is 8.73. The first kappa shape index (κ1) is 24.5. The average molecular weight is 540 g/mol. The van der Waals surface area contributed by atoms with Crippen molar-refractivity contribution in [2.24, 2.45) is 0 Å². The molecule has 0 bridgehead atoms. The Morgan fingerprint density at radius 2 is 1.89 bits per heavy atom. The Hall–Kier alpha value is -3.22. The number of benzene rings is 1. The molecule has 1 aromatic carbocycles. The van der Waals surface area contributed by atoms with Crippen molar-refractivity contribution in [3.63, 3.8) is 0 Å². The normalized spacial score (nSPS) is 11.6. The SMILES string of the molecule is Cc1ccc(S(=O)(=O)n2cc(-c3cccnc3OCOB(O)c3ccsc3)c3c(Cl)ccnc32)cc1. The number of hydrogen-bond donors (Lipinski definition) is 1. The third kappa shape index (κ3) is 4.63. The van der Waals surface area contributed by atoms with Crippen LogP contribution in [-0.4, -0.2) is 41.3 Å². The third-order valence-electron chi connectivity index (χ3n) is 5.49. The Bertz CT molecular complexity index is 1620. The number of fused-ring (bicyclic) bond motifs is 1. The molecule has 5 aromatic rings. The molecule has 182 valence electrons. The maximum Gasteiger partial charge on any atom is 0.494 e. The first-order chi connectivity index (χ1) is 17.4. The zero-order valence-corrected chi connectivity index (χ0v) is 21.3. The number of nitrogens with zero attached hydrogens (tertiary/aromatic N) is 3. The Balaban J connectivity index is 1.55. The van der Waals surface area contributed by atoms with E-state index in [1.54, 1.807) is 53.9 Å². The van der Waals surface area contributed by atoms with Crippen molar-refractivity contribution < 1.29 is 22.8 Å². The Morgan fingerprint density at radius 1 is 1.08 bits per heavy atom. The number of halogens is 1. The highest BCUT2D eigenvalue weighted by molar-refractivity contribution is 7.90. The van der Waals surface area contributed by atoms with E-state index in [0.717, 1.165) is 9.54 Å². The molecule has 0 spiro atoms. The smallest absolute Gasteiger partial charge is 0.451 e. The van der Waals surface area contributed by atoms with Crippen LogP contribution in [0.1, 0.15) is 5.56 Å². The summed E-state index contributed by atoms with van der Waals surface area (Å²) in [5.41, 5.74) is 2.70. The highest BCUT2D eigenvalue weighted by atomic mass is 35.5. The lowest BCUT2D eigenvalue weighted by molar-refractivity contribution is 0.0992. The predicted molar refractivity (Wildman–Crippen MR) is 140 cm³/mol. The van der Waals surface area contributed by atoms with Gasteiger partial charge in [0.1, 0.15) is 0 Å². The van der Waals surface area contributed by atoms with Gasteiger partial charge in [0.25, 0.3) is 10.0 Å². The Labute approximate surface area is 216 Å². The number of pyridine rings is 2. The lowest BCUT2D eigenvalue weighted by Crippen LogP contribution is -2.33. The average Bonchev–Trinajstić information content (AvgIpc) is 3.54. The van der Waals surface area contributed by atoms with E-state index in [-0.39, 0.29) is 23.2 Å². The first-order valence-electron chi connectivity index (χ1n) is 10.7. The second kappa shape index (κ2) is 10.0. The summed E-state index contributed by atoms with van der Waals surface area (Å²) in [5.74, 6) is 0.182. The maximum absolute atomic E-state index is 13.5. The molecular weight excluding hydrogens is 521 g/mol. The first-order valence-corrected chi connectivity index (χ1v) is 13.5. The van der Waals surface area contributed by atoms with Gasteiger partial charge in [-0.2, -0.15) is 11.3 Å².